The zero-order valence-electron chi connectivity index (χ0n) is 21.9. The molecule has 36 heavy (non-hydrogen) atoms. The fourth-order valence-corrected chi connectivity index (χ4v) is 2.64. The molecule has 0 unspecified atom stereocenters. The van der Waals surface area contributed by atoms with Crippen molar-refractivity contribution < 1.29 is 56.8 Å². The van der Waals surface area contributed by atoms with Crippen LogP contribution in [0.1, 0.15) is 0 Å². The molecule has 1 aliphatic rings. The van der Waals surface area contributed by atoms with E-state index in [0.29, 0.717) is 159 Å². The molecule has 1 saturated heterocycles. The Kier molecular flexibility index (Phi) is 28.6. The zero-order valence-corrected chi connectivity index (χ0v) is 21.9. The predicted octanol–water partition coefficient (Wildman–Crippen LogP) is 0.199. The lowest BCUT2D eigenvalue weighted by molar-refractivity contribution is -0.0334. The van der Waals surface area contributed by atoms with Gasteiger partial charge >= 0.3 is 0 Å². The summed E-state index contributed by atoms with van der Waals surface area (Å²) in [5.74, 6) is 0. The van der Waals surface area contributed by atoms with Crippen LogP contribution in [0.4, 0.5) is 0 Å². The third-order valence-electron chi connectivity index (χ3n) is 4.46. The van der Waals surface area contributed by atoms with E-state index >= 15 is 0 Å². The van der Waals surface area contributed by atoms with Gasteiger partial charge in [0, 0.05) is 0 Å². The lowest BCUT2D eigenvalue weighted by Crippen LogP contribution is -2.16. The summed E-state index contributed by atoms with van der Waals surface area (Å²) in [5.41, 5.74) is 0. The van der Waals surface area contributed by atoms with Crippen LogP contribution < -0.4 is 0 Å². The summed E-state index contributed by atoms with van der Waals surface area (Å²) in [6.45, 7) is 12.6. The van der Waals surface area contributed by atoms with Gasteiger partial charge in [0.25, 0.3) is 0 Å². The van der Waals surface area contributed by atoms with E-state index in [1.165, 1.54) is 0 Å². The Morgan fingerprint density at radius 3 is 0.222 bits per heavy atom. The van der Waals surface area contributed by atoms with Crippen molar-refractivity contribution in [2.75, 3.05) is 159 Å². The Balaban J connectivity index is 2.00. The van der Waals surface area contributed by atoms with Gasteiger partial charge < -0.3 is 56.8 Å². The average molecular weight is 529 g/mol. The van der Waals surface area contributed by atoms with E-state index in [0.717, 1.165) is 0 Å². The van der Waals surface area contributed by atoms with Gasteiger partial charge in [-0.25, -0.2) is 0 Å². The molecule has 1 fully saturated rings. The standard InChI is InChI=1S/C24H48O12/c1-2-26-5-6-28-9-10-30-13-14-32-17-18-34-21-22-36-24-23-35-20-19-33-16-15-31-12-11-29-8-7-27-4-3-25-1/h1-24H2. The van der Waals surface area contributed by atoms with Crippen molar-refractivity contribution in [1.29, 1.82) is 0 Å². The topological polar surface area (TPSA) is 111 Å². The van der Waals surface area contributed by atoms with E-state index in [9.17, 15) is 0 Å². The van der Waals surface area contributed by atoms with Gasteiger partial charge in [-0.2, -0.15) is 0 Å². The molecule has 216 valence electrons. The Labute approximate surface area is 215 Å². The fraction of sp³-hybridized carbons (Fsp3) is 1.00. The number of hydrogen-bond acceptors (Lipinski definition) is 12. The summed E-state index contributed by atoms with van der Waals surface area (Å²) < 4.78 is 65.4. The largest absolute Gasteiger partial charge is 0.377 e. The van der Waals surface area contributed by atoms with Crippen molar-refractivity contribution in [2.45, 2.75) is 0 Å². The first kappa shape index (κ1) is 33.5. The van der Waals surface area contributed by atoms with E-state index in [2.05, 4.69) is 0 Å². The van der Waals surface area contributed by atoms with Crippen molar-refractivity contribution in [3.05, 3.63) is 0 Å². The predicted molar refractivity (Wildman–Crippen MR) is 130 cm³/mol. The third kappa shape index (κ3) is 28.1. The first-order valence-electron chi connectivity index (χ1n) is 12.9. The minimum Gasteiger partial charge on any atom is -0.377 e. The highest BCUT2D eigenvalue weighted by Crippen LogP contribution is 1.88. The smallest absolute Gasteiger partial charge is 0.0701 e. The van der Waals surface area contributed by atoms with E-state index in [4.69, 9.17) is 56.8 Å². The normalized spacial score (nSPS) is 24.0. The molecule has 12 heteroatoms. The monoisotopic (exact) mass is 528 g/mol. The first-order chi connectivity index (χ1) is 18.0. The Morgan fingerprint density at radius 1 is 0.111 bits per heavy atom. The summed E-state index contributed by atoms with van der Waals surface area (Å²) in [6, 6.07) is 0. The molecule has 0 aromatic carbocycles. The zero-order chi connectivity index (χ0) is 25.5. The van der Waals surface area contributed by atoms with Crippen LogP contribution >= 0.6 is 0 Å². The molecular weight excluding hydrogens is 480 g/mol. The summed E-state index contributed by atoms with van der Waals surface area (Å²) in [5, 5.41) is 0. The van der Waals surface area contributed by atoms with E-state index < -0.39 is 0 Å². The van der Waals surface area contributed by atoms with Crippen LogP contribution in [-0.2, 0) is 56.8 Å². The fourth-order valence-electron chi connectivity index (χ4n) is 2.64. The second kappa shape index (κ2) is 30.7. The van der Waals surface area contributed by atoms with Crippen molar-refractivity contribution >= 4 is 0 Å². The van der Waals surface area contributed by atoms with Crippen LogP contribution in [0, 0.1) is 0 Å². The van der Waals surface area contributed by atoms with E-state index in [-0.39, 0.29) is 0 Å². The molecule has 0 aromatic rings. The molecule has 0 amide bonds. The lowest BCUT2D eigenvalue weighted by Gasteiger charge is -2.09. The Hall–Kier alpha value is -0.480. The van der Waals surface area contributed by atoms with Gasteiger partial charge in [-0.05, 0) is 0 Å². The minimum atomic E-state index is 0.524. The Bertz CT molecular complexity index is 219. The molecule has 12 nitrogen and oxygen atoms in total. The molecule has 0 radical (unpaired) electrons. The molecule has 1 heterocycles. The first-order valence-corrected chi connectivity index (χ1v) is 12.9. The summed E-state index contributed by atoms with van der Waals surface area (Å²) in [6.07, 6.45) is 0. The van der Waals surface area contributed by atoms with Crippen molar-refractivity contribution in [2.24, 2.45) is 0 Å². The van der Waals surface area contributed by atoms with Gasteiger partial charge in [-0.1, -0.05) is 0 Å². The molecule has 1 rings (SSSR count). The van der Waals surface area contributed by atoms with Crippen LogP contribution in [0.3, 0.4) is 0 Å². The van der Waals surface area contributed by atoms with Crippen LogP contribution in [0.25, 0.3) is 0 Å². The Morgan fingerprint density at radius 2 is 0.167 bits per heavy atom. The molecule has 0 N–H and O–H groups in total. The summed E-state index contributed by atoms with van der Waals surface area (Å²) in [4.78, 5) is 0. The second-order valence-electron chi connectivity index (χ2n) is 7.35. The highest BCUT2D eigenvalue weighted by molar-refractivity contribution is 4.39. The van der Waals surface area contributed by atoms with Gasteiger partial charge in [0.05, 0.1) is 159 Å². The van der Waals surface area contributed by atoms with E-state index in [1.807, 2.05) is 0 Å². The average Bonchev–Trinajstić information content (AvgIpc) is 2.89. The molecule has 0 spiro atoms. The van der Waals surface area contributed by atoms with E-state index in [1.54, 1.807) is 0 Å². The highest BCUT2D eigenvalue weighted by atomic mass is 16.6. The molecule has 1 aliphatic heterocycles. The van der Waals surface area contributed by atoms with Crippen LogP contribution in [-0.4, -0.2) is 159 Å². The highest BCUT2D eigenvalue weighted by Gasteiger charge is 1.97. The number of ether oxygens (including phenoxy) is 12. The maximum absolute atomic E-state index is 5.45. The molecule has 0 aromatic heterocycles. The minimum absolute atomic E-state index is 0.524. The maximum Gasteiger partial charge on any atom is 0.0701 e. The van der Waals surface area contributed by atoms with Gasteiger partial charge in [-0.3, -0.25) is 0 Å². The van der Waals surface area contributed by atoms with Gasteiger partial charge in [0.15, 0.2) is 0 Å². The number of rotatable bonds is 0. The second-order valence-corrected chi connectivity index (χ2v) is 7.35. The van der Waals surface area contributed by atoms with Gasteiger partial charge in [0.1, 0.15) is 0 Å². The molecule has 0 aliphatic carbocycles. The van der Waals surface area contributed by atoms with Crippen LogP contribution in [0.2, 0.25) is 0 Å². The van der Waals surface area contributed by atoms with Crippen molar-refractivity contribution in [3.63, 3.8) is 0 Å². The quantitative estimate of drug-likeness (QED) is 0.428. The molecule has 0 saturated carbocycles. The van der Waals surface area contributed by atoms with Crippen molar-refractivity contribution in [1.82, 2.24) is 0 Å². The van der Waals surface area contributed by atoms with Crippen LogP contribution in [0.5, 0.6) is 0 Å². The van der Waals surface area contributed by atoms with Crippen LogP contribution in [0.15, 0.2) is 0 Å². The van der Waals surface area contributed by atoms with Gasteiger partial charge in [-0.15, -0.1) is 0 Å². The SMILES string of the molecule is C1COCCOCCOCCOCCOCCOCCOCCOCCOCCOCCOCCO1. The van der Waals surface area contributed by atoms with Crippen molar-refractivity contribution in [3.8, 4) is 0 Å². The van der Waals surface area contributed by atoms with Gasteiger partial charge in [0.2, 0.25) is 0 Å². The molecule has 0 bridgehead atoms. The molecule has 0 atom stereocenters. The summed E-state index contributed by atoms with van der Waals surface area (Å²) >= 11 is 0. The third-order valence-corrected chi connectivity index (χ3v) is 4.46. The number of hydrogen-bond donors (Lipinski definition) is 0. The lowest BCUT2D eigenvalue weighted by atomic mass is 10.6. The molecular formula is C24H48O12. The maximum atomic E-state index is 5.45. The summed E-state index contributed by atoms with van der Waals surface area (Å²) in [7, 11) is 0.